The van der Waals surface area contributed by atoms with Gasteiger partial charge in [-0.15, -0.1) is 0 Å². The molecular weight excluding hydrogens is 342 g/mol. The second-order valence-corrected chi connectivity index (χ2v) is 5.53. The molecule has 6 nitrogen and oxygen atoms in total. The van der Waals surface area contributed by atoms with Crippen LogP contribution >= 0.6 is 11.6 Å². The first-order valence-corrected chi connectivity index (χ1v) is 8.30. The van der Waals surface area contributed by atoms with Gasteiger partial charge in [-0.05, 0) is 56.3 Å². The van der Waals surface area contributed by atoms with Crippen LogP contribution in [0.4, 0.5) is 21.9 Å². The molecule has 0 saturated heterocycles. The molecule has 2 aromatic carbocycles. The fourth-order valence-corrected chi connectivity index (χ4v) is 2.28. The number of benzene rings is 2. The molecule has 0 unspecified atom stereocenters. The van der Waals surface area contributed by atoms with Gasteiger partial charge < -0.3 is 20.7 Å². The Hall–Kier alpha value is -2.73. The monoisotopic (exact) mass is 361 g/mol. The van der Waals surface area contributed by atoms with Crippen molar-refractivity contribution in [3.05, 3.63) is 53.1 Å². The minimum atomic E-state index is -0.438. The van der Waals surface area contributed by atoms with Crippen molar-refractivity contribution in [3.63, 3.8) is 0 Å². The molecule has 0 heterocycles. The lowest BCUT2D eigenvalue weighted by atomic mass is 10.1. The minimum absolute atomic E-state index is 0.285. The lowest BCUT2D eigenvalue weighted by Gasteiger charge is -2.14. The zero-order valence-corrected chi connectivity index (χ0v) is 14.8. The molecule has 25 heavy (non-hydrogen) atoms. The van der Waals surface area contributed by atoms with Crippen molar-refractivity contribution in [2.75, 3.05) is 29.1 Å². The Morgan fingerprint density at radius 2 is 1.72 bits per heavy atom. The molecule has 0 spiro atoms. The topological polar surface area (TPSA) is 79.5 Å². The molecule has 0 atom stereocenters. The molecule has 2 rings (SSSR count). The third kappa shape index (κ3) is 5.39. The van der Waals surface area contributed by atoms with Crippen LogP contribution in [0.1, 0.15) is 24.2 Å². The Kier molecular flexibility index (Phi) is 6.65. The average Bonchev–Trinajstić information content (AvgIpc) is 2.59. The summed E-state index contributed by atoms with van der Waals surface area (Å²) < 4.78 is 4.99. The smallest absolute Gasteiger partial charge is 0.338 e. The number of esters is 1. The van der Waals surface area contributed by atoms with E-state index in [2.05, 4.69) is 16.0 Å². The van der Waals surface area contributed by atoms with Crippen molar-refractivity contribution in [1.29, 1.82) is 0 Å². The highest BCUT2D eigenvalue weighted by Gasteiger charge is 2.12. The molecule has 0 aliphatic carbocycles. The number of carbonyl (C=O) groups is 2. The predicted octanol–water partition coefficient (Wildman–Crippen LogP) is 4.59. The molecule has 0 bridgehead atoms. The molecule has 2 amide bonds. The maximum atomic E-state index is 12.2. The van der Waals surface area contributed by atoms with E-state index in [1.165, 1.54) is 0 Å². The summed E-state index contributed by atoms with van der Waals surface area (Å²) >= 11 is 5.83. The molecule has 0 saturated carbocycles. The van der Waals surface area contributed by atoms with E-state index >= 15 is 0 Å². The maximum Gasteiger partial charge on any atom is 0.338 e. The van der Waals surface area contributed by atoms with E-state index in [0.29, 0.717) is 34.2 Å². The van der Waals surface area contributed by atoms with Crippen LogP contribution in [0.2, 0.25) is 5.02 Å². The Bertz CT molecular complexity index is 748. The lowest BCUT2D eigenvalue weighted by molar-refractivity contribution is 0.0526. The summed E-state index contributed by atoms with van der Waals surface area (Å²) in [6, 6.07) is 11.3. The maximum absolute atomic E-state index is 12.2. The van der Waals surface area contributed by atoms with Crippen molar-refractivity contribution in [2.24, 2.45) is 0 Å². The van der Waals surface area contributed by atoms with E-state index in [0.717, 1.165) is 0 Å². The van der Waals surface area contributed by atoms with E-state index in [1.54, 1.807) is 49.4 Å². The number of halogens is 1. The van der Waals surface area contributed by atoms with Crippen LogP contribution in [0, 0.1) is 0 Å². The summed E-state index contributed by atoms with van der Waals surface area (Å²) in [5, 5.41) is 9.18. The molecule has 0 aromatic heterocycles. The van der Waals surface area contributed by atoms with Crippen molar-refractivity contribution in [3.8, 4) is 0 Å². The van der Waals surface area contributed by atoms with E-state index in [1.807, 2.05) is 6.92 Å². The van der Waals surface area contributed by atoms with Crippen LogP contribution in [-0.2, 0) is 4.74 Å². The third-order valence-corrected chi connectivity index (χ3v) is 3.50. The third-order valence-electron chi connectivity index (χ3n) is 3.25. The van der Waals surface area contributed by atoms with Gasteiger partial charge in [0.25, 0.3) is 0 Å². The van der Waals surface area contributed by atoms with Gasteiger partial charge in [-0.25, -0.2) is 9.59 Å². The van der Waals surface area contributed by atoms with Gasteiger partial charge in [-0.3, -0.25) is 0 Å². The Labute approximate surface area is 151 Å². The molecule has 0 aliphatic heterocycles. The number of hydrogen-bond donors (Lipinski definition) is 3. The first kappa shape index (κ1) is 18.6. The van der Waals surface area contributed by atoms with Crippen LogP contribution in [0.25, 0.3) is 0 Å². The Morgan fingerprint density at radius 3 is 2.36 bits per heavy atom. The average molecular weight is 362 g/mol. The quantitative estimate of drug-likeness (QED) is 0.657. The second-order valence-electron chi connectivity index (χ2n) is 5.10. The van der Waals surface area contributed by atoms with Gasteiger partial charge in [0.1, 0.15) is 0 Å². The van der Waals surface area contributed by atoms with Crippen molar-refractivity contribution >= 4 is 40.7 Å². The van der Waals surface area contributed by atoms with Crippen LogP contribution in [0.15, 0.2) is 42.5 Å². The van der Waals surface area contributed by atoms with Crippen LogP contribution in [0.5, 0.6) is 0 Å². The zero-order chi connectivity index (χ0) is 18.2. The number of nitrogens with one attached hydrogen (secondary N) is 3. The predicted molar refractivity (Wildman–Crippen MR) is 101 cm³/mol. The van der Waals surface area contributed by atoms with Crippen LogP contribution < -0.4 is 16.0 Å². The first-order valence-electron chi connectivity index (χ1n) is 7.92. The highest BCUT2D eigenvalue weighted by atomic mass is 35.5. The number of hydrogen-bond acceptors (Lipinski definition) is 4. The molecule has 0 aliphatic rings. The van der Waals surface area contributed by atoms with Crippen LogP contribution in [0.3, 0.4) is 0 Å². The Morgan fingerprint density at radius 1 is 1.00 bits per heavy atom. The first-order chi connectivity index (χ1) is 12.0. The summed E-state index contributed by atoms with van der Waals surface area (Å²) in [5.74, 6) is -0.438. The molecule has 3 N–H and O–H groups in total. The van der Waals surface area contributed by atoms with Gasteiger partial charge >= 0.3 is 12.0 Å². The van der Waals surface area contributed by atoms with Crippen LogP contribution in [-0.4, -0.2) is 25.2 Å². The molecular formula is C18H20ClN3O3. The summed E-state index contributed by atoms with van der Waals surface area (Å²) in [6.07, 6.45) is 0. The molecule has 2 aromatic rings. The fourth-order valence-electron chi connectivity index (χ4n) is 2.15. The minimum Gasteiger partial charge on any atom is -0.462 e. The summed E-state index contributed by atoms with van der Waals surface area (Å²) in [5.41, 5.74) is 2.17. The number of amides is 2. The highest BCUT2D eigenvalue weighted by molar-refractivity contribution is 6.30. The summed E-state index contributed by atoms with van der Waals surface area (Å²) in [6.45, 7) is 4.64. The van der Waals surface area contributed by atoms with Crippen molar-refractivity contribution < 1.29 is 14.3 Å². The van der Waals surface area contributed by atoms with E-state index < -0.39 is 12.0 Å². The summed E-state index contributed by atoms with van der Waals surface area (Å²) in [7, 11) is 0. The largest absolute Gasteiger partial charge is 0.462 e. The van der Waals surface area contributed by atoms with Gasteiger partial charge in [-0.1, -0.05) is 11.6 Å². The van der Waals surface area contributed by atoms with Gasteiger partial charge in [0.15, 0.2) is 0 Å². The Balaban J connectivity index is 2.16. The molecule has 7 heteroatoms. The van der Waals surface area contributed by atoms with Gasteiger partial charge in [0.2, 0.25) is 0 Å². The molecule has 0 fully saturated rings. The lowest BCUT2D eigenvalue weighted by Crippen LogP contribution is -2.20. The van der Waals surface area contributed by atoms with Gasteiger partial charge in [0, 0.05) is 17.3 Å². The van der Waals surface area contributed by atoms with Gasteiger partial charge in [-0.2, -0.15) is 0 Å². The number of anilines is 3. The standard InChI is InChI=1S/C18H20ClN3O3/c1-3-20-15-10-5-12(17(23)25-4-2)11-16(15)22-18(24)21-14-8-6-13(19)7-9-14/h5-11,20H,3-4H2,1-2H3,(H2,21,22,24). The zero-order valence-electron chi connectivity index (χ0n) is 14.1. The number of rotatable bonds is 6. The normalized spacial score (nSPS) is 10.0. The SMILES string of the molecule is CCNc1ccc(C(=O)OCC)cc1NC(=O)Nc1ccc(Cl)cc1. The highest BCUT2D eigenvalue weighted by Crippen LogP contribution is 2.24. The fraction of sp³-hybridized carbons (Fsp3) is 0.222. The van der Waals surface area contributed by atoms with E-state index in [9.17, 15) is 9.59 Å². The number of ether oxygens (including phenoxy) is 1. The van der Waals surface area contributed by atoms with Crippen molar-refractivity contribution in [1.82, 2.24) is 0 Å². The molecule has 0 radical (unpaired) electrons. The second kappa shape index (κ2) is 8.94. The summed E-state index contributed by atoms with van der Waals surface area (Å²) in [4.78, 5) is 24.1. The van der Waals surface area contributed by atoms with E-state index in [-0.39, 0.29) is 6.61 Å². The van der Waals surface area contributed by atoms with E-state index in [4.69, 9.17) is 16.3 Å². The number of urea groups is 1. The van der Waals surface area contributed by atoms with Crippen molar-refractivity contribution in [2.45, 2.75) is 13.8 Å². The molecule has 132 valence electrons. The number of carbonyl (C=O) groups excluding carboxylic acids is 2. The van der Waals surface area contributed by atoms with Gasteiger partial charge in [0.05, 0.1) is 23.5 Å².